The normalized spacial score (nSPS) is 18.7. The zero-order chi connectivity index (χ0) is 17.4. The van der Waals surface area contributed by atoms with E-state index in [0.717, 1.165) is 33.3 Å². The molecule has 1 atom stereocenters. The second-order valence-electron chi connectivity index (χ2n) is 5.80. The molecule has 1 unspecified atom stereocenters. The molecule has 130 valence electrons. The number of rotatable bonds is 2. The third-order valence-electron chi connectivity index (χ3n) is 4.27. The number of fused-ring (bicyclic) bond motifs is 3. The van der Waals surface area contributed by atoms with E-state index in [1.54, 1.807) is 28.6 Å². The van der Waals surface area contributed by atoms with E-state index >= 15 is 0 Å². The first kappa shape index (κ1) is 16.4. The van der Waals surface area contributed by atoms with Gasteiger partial charge in [0.25, 0.3) is 0 Å². The van der Waals surface area contributed by atoms with E-state index in [1.807, 2.05) is 19.1 Å². The quantitative estimate of drug-likeness (QED) is 0.640. The molecule has 0 saturated heterocycles. The van der Waals surface area contributed by atoms with Gasteiger partial charge < -0.3 is 15.0 Å². The standard InChI is InChI=1S/C17H17ClN4O2S/c1-2-24-17(23)22-7-5-11-12(9-22)25-16-13(11)14(18)20-15(21-16)10-4-3-6-19-8-10/h3-4,6,8,14H,2,5,7,9H2,1H3,(H,20,21). The van der Waals surface area contributed by atoms with Crippen molar-refractivity contribution in [3.63, 3.8) is 0 Å². The topological polar surface area (TPSA) is 66.8 Å². The lowest BCUT2D eigenvalue weighted by Gasteiger charge is -2.27. The molecule has 0 saturated carbocycles. The molecule has 1 N–H and O–H groups in total. The Bertz CT molecular complexity index is 837. The van der Waals surface area contributed by atoms with E-state index in [2.05, 4.69) is 15.3 Å². The summed E-state index contributed by atoms with van der Waals surface area (Å²) in [6.07, 6.45) is 3.99. The SMILES string of the molecule is CCOC(=O)N1CCc2c(sc3c2C(Cl)N=C(c2cccnc2)N3)C1. The van der Waals surface area contributed by atoms with Gasteiger partial charge in [0, 0.05) is 34.9 Å². The lowest BCUT2D eigenvalue weighted by molar-refractivity contribution is 0.103. The highest BCUT2D eigenvalue weighted by molar-refractivity contribution is 7.16. The Morgan fingerprint density at radius 2 is 2.44 bits per heavy atom. The van der Waals surface area contributed by atoms with Crippen molar-refractivity contribution in [2.24, 2.45) is 4.99 Å². The van der Waals surface area contributed by atoms with Crippen molar-refractivity contribution in [3.8, 4) is 0 Å². The van der Waals surface area contributed by atoms with Gasteiger partial charge in [-0.3, -0.25) is 4.98 Å². The molecular formula is C17H17ClN4O2S. The lowest BCUT2D eigenvalue weighted by atomic mass is 10.0. The van der Waals surface area contributed by atoms with Gasteiger partial charge in [-0.15, -0.1) is 11.3 Å². The van der Waals surface area contributed by atoms with Crippen LogP contribution in [0.1, 0.15) is 34.0 Å². The van der Waals surface area contributed by atoms with Crippen LogP contribution in [0.3, 0.4) is 0 Å². The van der Waals surface area contributed by atoms with Gasteiger partial charge in [0.05, 0.1) is 13.2 Å². The Hall–Kier alpha value is -2.12. The molecular weight excluding hydrogens is 360 g/mol. The molecule has 6 nitrogen and oxygen atoms in total. The van der Waals surface area contributed by atoms with E-state index in [-0.39, 0.29) is 6.09 Å². The summed E-state index contributed by atoms with van der Waals surface area (Å²) in [4.78, 5) is 23.6. The number of amides is 1. The fourth-order valence-corrected chi connectivity index (χ4v) is 4.81. The van der Waals surface area contributed by atoms with Crippen molar-refractivity contribution in [3.05, 3.63) is 46.1 Å². The van der Waals surface area contributed by atoms with Gasteiger partial charge in [0.2, 0.25) is 0 Å². The number of anilines is 1. The minimum Gasteiger partial charge on any atom is -0.450 e. The van der Waals surface area contributed by atoms with Crippen LogP contribution in [-0.4, -0.2) is 35.0 Å². The Morgan fingerprint density at radius 1 is 1.56 bits per heavy atom. The number of alkyl halides is 1. The number of hydrogen-bond acceptors (Lipinski definition) is 6. The second kappa shape index (κ2) is 6.65. The minimum atomic E-state index is -0.430. The number of nitrogens with zero attached hydrogens (tertiary/aromatic N) is 3. The first-order valence-corrected chi connectivity index (χ1v) is 9.38. The fourth-order valence-electron chi connectivity index (χ4n) is 3.11. The van der Waals surface area contributed by atoms with Crippen molar-refractivity contribution >= 4 is 39.9 Å². The number of carbonyl (C=O) groups excluding carboxylic acids is 1. The molecule has 2 aromatic rings. The molecule has 4 heterocycles. The first-order chi connectivity index (χ1) is 12.2. The van der Waals surface area contributed by atoms with Crippen LogP contribution in [0, 0.1) is 0 Å². The smallest absolute Gasteiger partial charge is 0.410 e. The third kappa shape index (κ3) is 2.98. The maximum Gasteiger partial charge on any atom is 0.410 e. The number of carbonyl (C=O) groups is 1. The first-order valence-electron chi connectivity index (χ1n) is 8.12. The molecule has 4 rings (SSSR count). The van der Waals surface area contributed by atoms with Crippen LogP contribution in [-0.2, 0) is 17.7 Å². The molecule has 2 aromatic heterocycles. The Labute approximate surface area is 154 Å². The highest BCUT2D eigenvalue weighted by Crippen LogP contribution is 2.45. The number of hydrogen-bond donors (Lipinski definition) is 1. The monoisotopic (exact) mass is 376 g/mol. The third-order valence-corrected chi connectivity index (χ3v) is 5.74. The summed E-state index contributed by atoms with van der Waals surface area (Å²) in [5.74, 6) is 0.724. The summed E-state index contributed by atoms with van der Waals surface area (Å²) < 4.78 is 5.11. The Morgan fingerprint density at radius 3 is 3.20 bits per heavy atom. The number of halogens is 1. The number of ether oxygens (including phenoxy) is 1. The fraction of sp³-hybridized carbons (Fsp3) is 0.353. The van der Waals surface area contributed by atoms with Gasteiger partial charge in [0.1, 0.15) is 10.8 Å². The molecule has 0 aromatic carbocycles. The molecule has 0 spiro atoms. The van der Waals surface area contributed by atoms with Gasteiger partial charge in [-0.1, -0.05) is 11.6 Å². The van der Waals surface area contributed by atoms with E-state index in [1.165, 1.54) is 5.56 Å². The number of pyridine rings is 1. The Kier molecular flexibility index (Phi) is 4.35. The highest BCUT2D eigenvalue weighted by atomic mass is 35.5. The van der Waals surface area contributed by atoms with Crippen molar-refractivity contribution < 1.29 is 9.53 Å². The van der Waals surface area contributed by atoms with Gasteiger partial charge in [-0.2, -0.15) is 0 Å². The van der Waals surface area contributed by atoms with Crippen molar-refractivity contribution in [2.75, 3.05) is 18.5 Å². The second-order valence-corrected chi connectivity index (χ2v) is 7.32. The summed E-state index contributed by atoms with van der Waals surface area (Å²) in [5.41, 5.74) is 2.72. The largest absolute Gasteiger partial charge is 0.450 e. The molecule has 25 heavy (non-hydrogen) atoms. The van der Waals surface area contributed by atoms with E-state index in [4.69, 9.17) is 16.3 Å². The van der Waals surface area contributed by atoms with Crippen LogP contribution >= 0.6 is 22.9 Å². The summed E-state index contributed by atoms with van der Waals surface area (Å²) in [6.45, 7) is 3.39. The van der Waals surface area contributed by atoms with E-state index in [0.29, 0.717) is 19.7 Å². The average molecular weight is 377 g/mol. The number of amidine groups is 1. The average Bonchev–Trinajstić information content (AvgIpc) is 3.00. The zero-order valence-corrected chi connectivity index (χ0v) is 15.2. The number of aromatic nitrogens is 1. The van der Waals surface area contributed by atoms with Crippen LogP contribution in [0.5, 0.6) is 0 Å². The predicted molar refractivity (Wildman–Crippen MR) is 98.4 cm³/mol. The maximum absolute atomic E-state index is 12.0. The van der Waals surface area contributed by atoms with Gasteiger partial charge in [0.15, 0.2) is 5.50 Å². The van der Waals surface area contributed by atoms with Crippen LogP contribution in [0.4, 0.5) is 9.80 Å². The minimum absolute atomic E-state index is 0.262. The van der Waals surface area contributed by atoms with Crippen molar-refractivity contribution in [1.82, 2.24) is 9.88 Å². The Balaban J connectivity index is 1.61. The molecule has 0 bridgehead atoms. The summed E-state index contributed by atoms with van der Waals surface area (Å²) in [6, 6.07) is 3.82. The van der Waals surface area contributed by atoms with E-state index in [9.17, 15) is 4.79 Å². The number of thiophene rings is 1. The molecule has 0 fully saturated rings. The van der Waals surface area contributed by atoms with Gasteiger partial charge in [-0.25, -0.2) is 9.79 Å². The lowest BCUT2D eigenvalue weighted by Crippen LogP contribution is -2.36. The molecule has 2 aliphatic rings. The van der Waals surface area contributed by atoms with Gasteiger partial charge in [-0.05, 0) is 31.0 Å². The molecule has 0 aliphatic carbocycles. The van der Waals surface area contributed by atoms with E-state index < -0.39 is 5.50 Å². The van der Waals surface area contributed by atoms with Crippen LogP contribution in [0.15, 0.2) is 29.5 Å². The number of nitrogens with one attached hydrogen (secondary N) is 1. The van der Waals surface area contributed by atoms with Crippen LogP contribution < -0.4 is 5.32 Å². The number of aliphatic imine (C=N–C) groups is 1. The molecule has 8 heteroatoms. The molecule has 0 radical (unpaired) electrons. The van der Waals surface area contributed by atoms with Crippen LogP contribution in [0.2, 0.25) is 0 Å². The summed E-state index contributed by atoms with van der Waals surface area (Å²) in [7, 11) is 0. The van der Waals surface area contributed by atoms with Crippen LogP contribution in [0.25, 0.3) is 0 Å². The molecule has 1 amide bonds. The van der Waals surface area contributed by atoms with Crippen molar-refractivity contribution in [2.45, 2.75) is 25.4 Å². The zero-order valence-electron chi connectivity index (χ0n) is 13.7. The predicted octanol–water partition coefficient (Wildman–Crippen LogP) is 3.77. The molecule has 2 aliphatic heterocycles. The summed E-state index contributed by atoms with van der Waals surface area (Å²) in [5, 5.41) is 4.38. The van der Waals surface area contributed by atoms with Crippen molar-refractivity contribution in [1.29, 1.82) is 0 Å². The summed E-state index contributed by atoms with van der Waals surface area (Å²) >= 11 is 8.21. The highest BCUT2D eigenvalue weighted by Gasteiger charge is 2.32. The van der Waals surface area contributed by atoms with Gasteiger partial charge >= 0.3 is 6.09 Å². The maximum atomic E-state index is 12.0.